The third-order valence-corrected chi connectivity index (χ3v) is 3.34. The van der Waals surface area contributed by atoms with Gasteiger partial charge in [0.25, 0.3) is 0 Å². The first-order valence-electron chi connectivity index (χ1n) is 7.99. The van der Waals surface area contributed by atoms with Crippen molar-refractivity contribution in [1.29, 1.82) is 0 Å². The van der Waals surface area contributed by atoms with E-state index in [1.165, 1.54) is 51.4 Å². The Balaban J connectivity index is 3.08. The van der Waals surface area contributed by atoms with Gasteiger partial charge >= 0.3 is 5.97 Å². The molecule has 0 aromatic heterocycles. The summed E-state index contributed by atoms with van der Waals surface area (Å²) in [6.45, 7) is 4.54. The zero-order valence-electron chi connectivity index (χ0n) is 12.9. The van der Waals surface area contributed by atoms with Crippen LogP contribution in [0.5, 0.6) is 0 Å². The van der Waals surface area contributed by atoms with Gasteiger partial charge in [-0.1, -0.05) is 58.1 Å². The van der Waals surface area contributed by atoms with Crippen molar-refractivity contribution in [3.8, 4) is 0 Å². The zero-order valence-corrected chi connectivity index (χ0v) is 12.9. The third kappa shape index (κ3) is 17.2. The molecule has 0 unspecified atom stereocenters. The van der Waals surface area contributed by atoms with Crippen LogP contribution in [-0.4, -0.2) is 11.1 Å². The van der Waals surface area contributed by atoms with Gasteiger partial charge in [-0.3, -0.25) is 4.79 Å². The molecular formula is C17H32O2. The van der Waals surface area contributed by atoms with Gasteiger partial charge in [0.05, 0.1) is 0 Å². The van der Waals surface area contributed by atoms with E-state index in [1.54, 1.807) is 0 Å². The van der Waals surface area contributed by atoms with E-state index in [9.17, 15) is 4.79 Å². The van der Waals surface area contributed by atoms with Gasteiger partial charge in [0.15, 0.2) is 0 Å². The summed E-state index contributed by atoms with van der Waals surface area (Å²) in [5.41, 5.74) is 0. The number of rotatable bonds is 13. The highest BCUT2D eigenvalue weighted by Crippen LogP contribution is 2.10. The van der Waals surface area contributed by atoms with Gasteiger partial charge in [-0.25, -0.2) is 0 Å². The number of carboxylic acids is 1. The van der Waals surface area contributed by atoms with Crippen LogP contribution in [0.3, 0.4) is 0 Å². The van der Waals surface area contributed by atoms with E-state index < -0.39 is 5.97 Å². The summed E-state index contributed by atoms with van der Waals surface area (Å²) >= 11 is 0. The van der Waals surface area contributed by atoms with E-state index in [1.807, 2.05) is 0 Å². The lowest BCUT2D eigenvalue weighted by Gasteiger charge is -2.00. The fraction of sp³-hybridized carbons (Fsp3) is 0.824. The smallest absolute Gasteiger partial charge is 0.303 e. The fourth-order valence-electron chi connectivity index (χ4n) is 2.09. The van der Waals surface area contributed by atoms with E-state index in [4.69, 9.17) is 5.11 Å². The summed E-state index contributed by atoms with van der Waals surface area (Å²) in [5, 5.41) is 8.50. The number of aliphatic carboxylic acids is 1. The topological polar surface area (TPSA) is 37.3 Å². The van der Waals surface area contributed by atoms with Crippen molar-refractivity contribution in [2.75, 3.05) is 0 Å². The maximum Gasteiger partial charge on any atom is 0.303 e. The summed E-state index contributed by atoms with van der Waals surface area (Å²) in [4.78, 5) is 10.3. The van der Waals surface area contributed by atoms with Gasteiger partial charge in [-0.2, -0.15) is 0 Å². The van der Waals surface area contributed by atoms with Crippen molar-refractivity contribution < 1.29 is 9.90 Å². The monoisotopic (exact) mass is 268 g/mol. The molecule has 0 saturated heterocycles. The van der Waals surface area contributed by atoms with Gasteiger partial charge in [-0.05, 0) is 38.0 Å². The highest BCUT2D eigenvalue weighted by atomic mass is 16.4. The predicted molar refractivity (Wildman–Crippen MR) is 82.4 cm³/mol. The molecule has 0 rings (SSSR count). The number of carbonyl (C=O) groups is 1. The number of carboxylic acid groups (broad SMARTS) is 1. The van der Waals surface area contributed by atoms with Crippen LogP contribution in [-0.2, 0) is 4.79 Å². The van der Waals surface area contributed by atoms with Crippen LogP contribution >= 0.6 is 0 Å². The Morgan fingerprint density at radius 3 is 2.00 bits per heavy atom. The molecule has 0 aliphatic heterocycles. The molecule has 2 heteroatoms. The van der Waals surface area contributed by atoms with Crippen LogP contribution in [0.15, 0.2) is 12.2 Å². The van der Waals surface area contributed by atoms with Crippen LogP contribution in [0, 0.1) is 5.92 Å². The fourth-order valence-corrected chi connectivity index (χ4v) is 2.09. The second-order valence-corrected chi connectivity index (χ2v) is 5.85. The third-order valence-electron chi connectivity index (χ3n) is 3.34. The highest BCUT2D eigenvalue weighted by Gasteiger charge is 1.96. The molecule has 0 atom stereocenters. The molecule has 0 heterocycles. The molecule has 112 valence electrons. The average Bonchev–Trinajstić information content (AvgIpc) is 2.34. The minimum absolute atomic E-state index is 0.334. The van der Waals surface area contributed by atoms with Crippen LogP contribution < -0.4 is 0 Å². The summed E-state index contributed by atoms with van der Waals surface area (Å²) in [6, 6.07) is 0. The molecule has 0 aromatic carbocycles. The standard InChI is InChI=1S/C17H32O2/c1-16(2)14-12-10-8-6-4-3-5-7-9-11-13-15-17(18)19/h8,10,16H,3-7,9,11-15H2,1-2H3,(H,18,19)/b10-8-. The molecule has 0 spiro atoms. The molecule has 0 saturated carbocycles. The number of hydrogen-bond acceptors (Lipinski definition) is 1. The molecule has 0 bridgehead atoms. The Kier molecular flexibility index (Phi) is 13.1. The summed E-state index contributed by atoms with van der Waals surface area (Å²) in [6.07, 6.45) is 17.0. The molecule has 0 fully saturated rings. The first-order chi connectivity index (χ1) is 9.13. The van der Waals surface area contributed by atoms with E-state index in [0.717, 1.165) is 18.8 Å². The number of allylic oxidation sites excluding steroid dienone is 2. The molecule has 0 radical (unpaired) electrons. The predicted octanol–water partition coefficient (Wildman–Crippen LogP) is 5.57. The van der Waals surface area contributed by atoms with Crippen molar-refractivity contribution >= 4 is 5.97 Å². The van der Waals surface area contributed by atoms with Gasteiger partial charge < -0.3 is 5.11 Å². The second-order valence-electron chi connectivity index (χ2n) is 5.85. The number of unbranched alkanes of at least 4 members (excludes halogenated alkanes) is 7. The van der Waals surface area contributed by atoms with Crippen molar-refractivity contribution in [3.05, 3.63) is 12.2 Å². The number of hydrogen-bond donors (Lipinski definition) is 1. The van der Waals surface area contributed by atoms with Crippen LogP contribution in [0.1, 0.15) is 84.5 Å². The van der Waals surface area contributed by atoms with E-state index in [-0.39, 0.29) is 0 Å². The Bertz CT molecular complexity index is 231. The van der Waals surface area contributed by atoms with Gasteiger partial charge in [0.2, 0.25) is 0 Å². The lowest BCUT2D eigenvalue weighted by atomic mass is 10.1. The molecule has 1 N–H and O–H groups in total. The van der Waals surface area contributed by atoms with Crippen molar-refractivity contribution in [3.63, 3.8) is 0 Å². The van der Waals surface area contributed by atoms with Crippen molar-refractivity contribution in [1.82, 2.24) is 0 Å². The largest absolute Gasteiger partial charge is 0.481 e. The maximum atomic E-state index is 10.3. The molecule has 0 amide bonds. The Morgan fingerprint density at radius 1 is 0.895 bits per heavy atom. The van der Waals surface area contributed by atoms with Crippen molar-refractivity contribution in [2.45, 2.75) is 84.5 Å². The SMILES string of the molecule is CC(C)CC/C=C\CCCCCCCCCC(=O)O. The van der Waals surface area contributed by atoms with Crippen LogP contribution in [0.4, 0.5) is 0 Å². The lowest BCUT2D eigenvalue weighted by molar-refractivity contribution is -0.137. The second kappa shape index (κ2) is 13.6. The van der Waals surface area contributed by atoms with Crippen LogP contribution in [0.25, 0.3) is 0 Å². The Hall–Kier alpha value is -0.790. The molecule has 0 aliphatic carbocycles. The van der Waals surface area contributed by atoms with E-state index in [2.05, 4.69) is 26.0 Å². The Morgan fingerprint density at radius 2 is 1.42 bits per heavy atom. The zero-order chi connectivity index (χ0) is 14.3. The summed E-state index contributed by atoms with van der Waals surface area (Å²) in [7, 11) is 0. The average molecular weight is 268 g/mol. The molecular weight excluding hydrogens is 236 g/mol. The van der Waals surface area contributed by atoms with Gasteiger partial charge in [0.1, 0.15) is 0 Å². The first kappa shape index (κ1) is 18.2. The minimum atomic E-state index is -0.663. The van der Waals surface area contributed by atoms with Gasteiger partial charge in [-0.15, -0.1) is 0 Å². The minimum Gasteiger partial charge on any atom is -0.481 e. The molecule has 0 aromatic rings. The van der Waals surface area contributed by atoms with Crippen molar-refractivity contribution in [2.24, 2.45) is 5.92 Å². The molecule has 0 aliphatic rings. The van der Waals surface area contributed by atoms with E-state index in [0.29, 0.717) is 6.42 Å². The molecule has 19 heavy (non-hydrogen) atoms. The first-order valence-corrected chi connectivity index (χ1v) is 7.99. The Labute approximate surface area is 119 Å². The highest BCUT2D eigenvalue weighted by molar-refractivity contribution is 5.66. The van der Waals surface area contributed by atoms with E-state index >= 15 is 0 Å². The summed E-state index contributed by atoms with van der Waals surface area (Å²) < 4.78 is 0. The maximum absolute atomic E-state index is 10.3. The lowest BCUT2D eigenvalue weighted by Crippen LogP contribution is -1.93. The molecule has 2 nitrogen and oxygen atoms in total. The van der Waals surface area contributed by atoms with Crippen LogP contribution in [0.2, 0.25) is 0 Å². The van der Waals surface area contributed by atoms with Gasteiger partial charge in [0, 0.05) is 6.42 Å². The summed E-state index contributed by atoms with van der Waals surface area (Å²) in [5.74, 6) is 0.148. The normalized spacial score (nSPS) is 11.5. The quantitative estimate of drug-likeness (QED) is 0.350.